The van der Waals surface area contributed by atoms with Crippen molar-refractivity contribution < 1.29 is 20.8 Å². The zero-order valence-corrected chi connectivity index (χ0v) is 18.6. The van der Waals surface area contributed by atoms with Gasteiger partial charge in [0.05, 0.1) is 0 Å². The van der Waals surface area contributed by atoms with Gasteiger partial charge in [-0.25, -0.2) is 0 Å². The average molecular weight is 449 g/mol. The molecule has 0 nitrogen and oxygen atoms in total. The van der Waals surface area contributed by atoms with Gasteiger partial charge < -0.3 is 7.43 Å². The maximum atomic E-state index is 4.93. The molecule has 3 aromatic rings. The van der Waals surface area contributed by atoms with Gasteiger partial charge in [0.2, 0.25) is 0 Å². The SMILES string of the molecule is CC(CC1=CC=CC1)[c-]1c2ccccc2c2ccccc21.[CH3-].[Cl][Zr+2][Cl]. The van der Waals surface area contributed by atoms with E-state index in [9.17, 15) is 0 Å². The van der Waals surface area contributed by atoms with Crippen molar-refractivity contribution in [2.24, 2.45) is 0 Å². The van der Waals surface area contributed by atoms with Crippen LogP contribution in [0.2, 0.25) is 0 Å². The molecule has 25 heavy (non-hydrogen) atoms. The summed E-state index contributed by atoms with van der Waals surface area (Å²) < 4.78 is 0. The number of halogens is 2. The molecule has 0 amide bonds. The monoisotopic (exact) mass is 446 g/mol. The third-order valence-electron chi connectivity index (χ3n) is 4.63. The summed E-state index contributed by atoms with van der Waals surface area (Å²) in [6.07, 6.45) is 9.00. The van der Waals surface area contributed by atoms with Crippen molar-refractivity contribution in [1.82, 2.24) is 0 Å². The van der Waals surface area contributed by atoms with Gasteiger partial charge in [-0.05, 0) is 18.8 Å². The fraction of sp³-hybridized carbons (Fsp3) is 0.182. The first-order valence-corrected chi connectivity index (χ1v) is 14.5. The van der Waals surface area contributed by atoms with Crippen molar-refractivity contribution in [3.05, 3.63) is 85.3 Å². The average Bonchev–Trinajstić information content (AvgIpc) is 3.21. The Hall–Kier alpha value is -0.747. The van der Waals surface area contributed by atoms with Gasteiger partial charge in [0.1, 0.15) is 0 Å². The molecule has 0 saturated heterocycles. The van der Waals surface area contributed by atoms with Gasteiger partial charge in [0, 0.05) is 0 Å². The van der Waals surface area contributed by atoms with Crippen LogP contribution in [0.15, 0.2) is 72.3 Å². The van der Waals surface area contributed by atoms with Crippen LogP contribution in [0.1, 0.15) is 31.2 Å². The van der Waals surface area contributed by atoms with Crippen molar-refractivity contribution >= 4 is 38.6 Å². The first-order valence-electron chi connectivity index (χ1n) is 8.13. The Kier molecular flexibility index (Phi) is 8.07. The van der Waals surface area contributed by atoms with Crippen LogP contribution in [0.4, 0.5) is 0 Å². The fourth-order valence-corrected chi connectivity index (χ4v) is 3.72. The zero-order valence-electron chi connectivity index (χ0n) is 14.6. The van der Waals surface area contributed by atoms with Crippen molar-refractivity contribution in [3.63, 3.8) is 0 Å². The summed E-state index contributed by atoms with van der Waals surface area (Å²) in [5.74, 6) is 0.556. The van der Waals surface area contributed by atoms with E-state index in [1.807, 2.05) is 0 Å². The quantitative estimate of drug-likeness (QED) is 0.357. The van der Waals surface area contributed by atoms with E-state index in [0.717, 1.165) is 12.8 Å². The van der Waals surface area contributed by atoms with Gasteiger partial charge >= 0.3 is 37.9 Å². The van der Waals surface area contributed by atoms with Crippen LogP contribution in [0.3, 0.4) is 0 Å². The van der Waals surface area contributed by atoms with Crippen molar-refractivity contribution in [1.29, 1.82) is 0 Å². The standard InChI is InChI=1S/C21H19.CH3.2ClH.Zr/c1-15(14-16-8-2-3-9-16)21-19-12-6-4-10-17(19)18-11-5-7-13-20(18)21;;;;/h2-8,10-13,15H,9,14H2,1H3;1H3;2*1H;/q2*-1;;;+4/p-2. The van der Waals surface area contributed by atoms with Gasteiger partial charge in [-0.2, -0.15) is 0 Å². The first-order chi connectivity index (χ1) is 11.8. The second-order valence-electron chi connectivity index (χ2n) is 6.14. The Morgan fingerprint density at radius 2 is 1.52 bits per heavy atom. The van der Waals surface area contributed by atoms with Crippen LogP contribution >= 0.6 is 17.0 Å². The van der Waals surface area contributed by atoms with Gasteiger partial charge in [-0.3, -0.25) is 0 Å². The zero-order chi connectivity index (χ0) is 16.9. The molecular formula is C22H22Cl2Zr. The van der Waals surface area contributed by atoms with E-state index >= 15 is 0 Å². The van der Waals surface area contributed by atoms with Crippen LogP contribution in [0.5, 0.6) is 0 Å². The molecule has 4 rings (SSSR count). The molecule has 0 bridgehead atoms. The summed E-state index contributed by atoms with van der Waals surface area (Å²) in [6, 6.07) is 17.7. The van der Waals surface area contributed by atoms with Crippen LogP contribution in [0, 0.1) is 7.43 Å². The molecule has 0 fully saturated rings. The number of benzene rings is 2. The number of hydrogen-bond acceptors (Lipinski definition) is 0. The summed E-state index contributed by atoms with van der Waals surface area (Å²) in [5.41, 5.74) is 3.07. The molecule has 1 aliphatic carbocycles. The van der Waals surface area contributed by atoms with Crippen LogP contribution in [0.25, 0.3) is 21.5 Å². The Morgan fingerprint density at radius 1 is 1.00 bits per heavy atom. The Balaban J connectivity index is 0.000000528. The van der Waals surface area contributed by atoms with E-state index < -0.39 is 20.8 Å². The second-order valence-corrected chi connectivity index (χ2v) is 9.87. The van der Waals surface area contributed by atoms with E-state index in [-0.39, 0.29) is 7.43 Å². The summed E-state index contributed by atoms with van der Waals surface area (Å²) >= 11 is -0.826. The van der Waals surface area contributed by atoms with Crippen LogP contribution in [-0.4, -0.2) is 0 Å². The van der Waals surface area contributed by atoms with Crippen LogP contribution < -0.4 is 0 Å². The Labute approximate surface area is 169 Å². The predicted molar refractivity (Wildman–Crippen MR) is 110 cm³/mol. The molecule has 128 valence electrons. The van der Waals surface area contributed by atoms with E-state index in [1.165, 1.54) is 27.1 Å². The minimum absolute atomic E-state index is 0. The van der Waals surface area contributed by atoms with Crippen molar-refractivity contribution in [3.8, 4) is 0 Å². The van der Waals surface area contributed by atoms with Crippen molar-refractivity contribution in [2.75, 3.05) is 0 Å². The molecule has 0 radical (unpaired) electrons. The molecule has 1 aliphatic rings. The topological polar surface area (TPSA) is 0 Å². The number of hydrogen-bond donors (Lipinski definition) is 0. The molecule has 0 aliphatic heterocycles. The molecule has 1 atom stereocenters. The summed E-state index contributed by atoms with van der Waals surface area (Å²) in [4.78, 5) is 0. The number of fused-ring (bicyclic) bond motifs is 3. The van der Waals surface area contributed by atoms with Crippen LogP contribution in [-0.2, 0) is 20.8 Å². The summed E-state index contributed by atoms with van der Waals surface area (Å²) in [6.45, 7) is 2.37. The molecule has 0 saturated carbocycles. The Bertz CT molecular complexity index is 836. The van der Waals surface area contributed by atoms with Gasteiger partial charge in [-0.15, -0.1) is 39.2 Å². The number of allylic oxidation sites excluding steroid dienone is 4. The van der Waals surface area contributed by atoms with Gasteiger partial charge in [0.15, 0.2) is 0 Å². The maximum absolute atomic E-state index is 4.93. The molecule has 0 spiro atoms. The van der Waals surface area contributed by atoms with Gasteiger partial charge in [-0.1, -0.05) is 67.1 Å². The molecule has 0 N–H and O–H groups in total. The normalized spacial score (nSPS) is 13.6. The second kappa shape index (κ2) is 9.81. The Morgan fingerprint density at radius 3 is 2.00 bits per heavy atom. The first kappa shape index (κ1) is 20.6. The number of rotatable bonds is 3. The molecule has 0 aromatic heterocycles. The molecule has 3 heteroatoms. The van der Waals surface area contributed by atoms with E-state index in [1.54, 1.807) is 5.57 Å². The van der Waals surface area contributed by atoms with E-state index in [0.29, 0.717) is 5.92 Å². The third-order valence-corrected chi connectivity index (χ3v) is 4.63. The van der Waals surface area contributed by atoms with Crippen molar-refractivity contribution in [2.45, 2.75) is 25.7 Å². The molecule has 0 heterocycles. The fourth-order valence-electron chi connectivity index (χ4n) is 3.72. The minimum atomic E-state index is -0.826. The third kappa shape index (κ3) is 4.51. The van der Waals surface area contributed by atoms with Gasteiger partial charge in [0.25, 0.3) is 0 Å². The van der Waals surface area contributed by atoms with E-state index in [2.05, 4.69) is 73.7 Å². The molecule has 3 aromatic carbocycles. The molecule has 1 unspecified atom stereocenters. The molecular weight excluding hydrogens is 426 g/mol. The summed E-state index contributed by atoms with van der Waals surface area (Å²) in [7, 11) is 9.87. The summed E-state index contributed by atoms with van der Waals surface area (Å²) in [5, 5.41) is 5.65. The predicted octanol–water partition coefficient (Wildman–Crippen LogP) is 7.92. The van der Waals surface area contributed by atoms with E-state index in [4.69, 9.17) is 17.0 Å².